The number of H-pyrrole nitrogens is 1. The lowest BCUT2D eigenvalue weighted by atomic mass is 10.1. The Bertz CT molecular complexity index is 816. The van der Waals surface area contributed by atoms with E-state index in [1.54, 1.807) is 11.8 Å². The average Bonchev–Trinajstić information content (AvgIpc) is 3.02. The second-order valence-corrected chi connectivity index (χ2v) is 7.69. The van der Waals surface area contributed by atoms with Crippen molar-refractivity contribution in [2.75, 3.05) is 12.0 Å². The molecular formula is C18H18IN3OS. The van der Waals surface area contributed by atoms with E-state index in [0.29, 0.717) is 5.56 Å². The molecule has 3 rings (SSSR count). The van der Waals surface area contributed by atoms with Crippen LogP contribution in [-0.2, 0) is 0 Å². The lowest BCUT2D eigenvalue weighted by Gasteiger charge is -2.16. The summed E-state index contributed by atoms with van der Waals surface area (Å²) in [6, 6.07) is 15.4. The van der Waals surface area contributed by atoms with Crippen LogP contribution in [0.1, 0.15) is 28.6 Å². The number of hydrogen-bond donors (Lipinski definition) is 2. The highest BCUT2D eigenvalue weighted by molar-refractivity contribution is 14.1. The van der Waals surface area contributed by atoms with Gasteiger partial charge in [0.05, 0.1) is 17.1 Å². The number of thioether (sulfide) groups is 1. The van der Waals surface area contributed by atoms with E-state index in [9.17, 15) is 4.79 Å². The molecule has 1 atom stereocenters. The summed E-state index contributed by atoms with van der Waals surface area (Å²) in [6.07, 6.45) is 2.90. The molecule has 6 heteroatoms. The number of carbonyl (C=O) groups is 1. The first-order valence-electron chi connectivity index (χ1n) is 7.67. The van der Waals surface area contributed by atoms with Crippen molar-refractivity contribution in [3.8, 4) is 0 Å². The number of hydrogen-bond acceptors (Lipinski definition) is 3. The van der Waals surface area contributed by atoms with Crippen LogP contribution in [0.25, 0.3) is 11.0 Å². The first-order chi connectivity index (χ1) is 11.7. The Morgan fingerprint density at radius 1 is 1.29 bits per heavy atom. The number of halogens is 1. The highest BCUT2D eigenvalue weighted by atomic mass is 127. The zero-order chi connectivity index (χ0) is 16.9. The molecule has 3 aromatic rings. The summed E-state index contributed by atoms with van der Waals surface area (Å²) in [5.41, 5.74) is 2.59. The van der Waals surface area contributed by atoms with Crippen LogP contribution in [0.2, 0.25) is 0 Å². The molecule has 0 radical (unpaired) electrons. The monoisotopic (exact) mass is 451 g/mol. The van der Waals surface area contributed by atoms with Gasteiger partial charge in [-0.15, -0.1) is 0 Å². The van der Waals surface area contributed by atoms with E-state index in [1.807, 2.05) is 48.5 Å². The molecule has 124 valence electrons. The van der Waals surface area contributed by atoms with E-state index < -0.39 is 0 Å². The van der Waals surface area contributed by atoms with E-state index >= 15 is 0 Å². The summed E-state index contributed by atoms with van der Waals surface area (Å²) < 4.78 is 1.05. The molecule has 1 heterocycles. The zero-order valence-corrected chi connectivity index (χ0v) is 16.2. The molecule has 2 aromatic carbocycles. The Labute approximate surface area is 159 Å². The van der Waals surface area contributed by atoms with Gasteiger partial charge in [-0.05, 0) is 71.4 Å². The van der Waals surface area contributed by atoms with Crippen LogP contribution >= 0.6 is 34.4 Å². The molecule has 0 fully saturated rings. The average molecular weight is 451 g/mol. The number of para-hydroxylation sites is 2. The molecule has 24 heavy (non-hydrogen) atoms. The molecule has 1 amide bonds. The van der Waals surface area contributed by atoms with Crippen molar-refractivity contribution < 1.29 is 4.79 Å². The van der Waals surface area contributed by atoms with Crippen molar-refractivity contribution in [1.82, 2.24) is 15.3 Å². The summed E-state index contributed by atoms with van der Waals surface area (Å²) >= 11 is 3.98. The van der Waals surface area contributed by atoms with Crippen molar-refractivity contribution in [1.29, 1.82) is 0 Å². The van der Waals surface area contributed by atoms with Gasteiger partial charge < -0.3 is 10.3 Å². The van der Waals surface area contributed by atoms with E-state index in [2.05, 4.69) is 44.1 Å². The third-order valence-corrected chi connectivity index (χ3v) is 5.06. The Morgan fingerprint density at radius 3 is 2.88 bits per heavy atom. The van der Waals surface area contributed by atoms with Crippen LogP contribution in [0.5, 0.6) is 0 Å². The number of benzene rings is 2. The maximum atomic E-state index is 12.6. The summed E-state index contributed by atoms with van der Waals surface area (Å²) in [6.45, 7) is 0. The molecule has 1 aromatic heterocycles. The van der Waals surface area contributed by atoms with Gasteiger partial charge in [0, 0.05) is 9.13 Å². The first-order valence-corrected chi connectivity index (χ1v) is 10.1. The number of imidazole rings is 1. The van der Waals surface area contributed by atoms with Crippen LogP contribution in [-0.4, -0.2) is 27.9 Å². The number of nitrogens with one attached hydrogen (secondary N) is 2. The molecule has 0 aliphatic heterocycles. The van der Waals surface area contributed by atoms with E-state index in [4.69, 9.17) is 0 Å². The number of rotatable bonds is 6. The maximum absolute atomic E-state index is 12.6. The highest BCUT2D eigenvalue weighted by Crippen LogP contribution is 2.21. The Morgan fingerprint density at radius 2 is 2.12 bits per heavy atom. The third-order valence-electron chi connectivity index (χ3n) is 3.74. The van der Waals surface area contributed by atoms with E-state index in [-0.39, 0.29) is 11.9 Å². The van der Waals surface area contributed by atoms with Gasteiger partial charge in [-0.3, -0.25) is 4.79 Å². The SMILES string of the molecule is CSCCC(NC(=O)c1cccc(I)c1)c1nc2ccccc2[nH]1. The Balaban J connectivity index is 1.84. The second-order valence-electron chi connectivity index (χ2n) is 5.46. The smallest absolute Gasteiger partial charge is 0.251 e. The predicted molar refractivity (Wildman–Crippen MR) is 108 cm³/mol. The van der Waals surface area contributed by atoms with E-state index in [1.165, 1.54) is 0 Å². The lowest BCUT2D eigenvalue weighted by Crippen LogP contribution is -2.29. The van der Waals surface area contributed by atoms with Gasteiger partial charge in [0.25, 0.3) is 5.91 Å². The van der Waals surface area contributed by atoms with Crippen LogP contribution in [0.4, 0.5) is 0 Å². The van der Waals surface area contributed by atoms with Crippen molar-refractivity contribution >= 4 is 51.3 Å². The molecule has 0 aliphatic rings. The van der Waals surface area contributed by atoms with Crippen LogP contribution in [0.3, 0.4) is 0 Å². The normalized spacial score (nSPS) is 12.2. The summed E-state index contributed by atoms with van der Waals surface area (Å²) in [5, 5.41) is 3.12. The van der Waals surface area contributed by atoms with Crippen LogP contribution < -0.4 is 5.32 Å². The number of aromatic amines is 1. The molecule has 4 nitrogen and oxygen atoms in total. The molecule has 1 unspecified atom stereocenters. The molecule has 0 saturated heterocycles. The van der Waals surface area contributed by atoms with Crippen molar-refractivity contribution in [2.45, 2.75) is 12.5 Å². The second kappa shape index (κ2) is 8.02. The van der Waals surface area contributed by atoms with Gasteiger partial charge in [-0.2, -0.15) is 11.8 Å². The highest BCUT2D eigenvalue weighted by Gasteiger charge is 2.19. The fourth-order valence-electron chi connectivity index (χ4n) is 2.52. The standard InChI is InChI=1S/C18H18IN3OS/c1-24-10-9-16(17-20-14-7-2-3-8-15(14)21-17)22-18(23)12-5-4-6-13(19)11-12/h2-8,11,16H,9-10H2,1H3,(H,20,21)(H,22,23). The fraction of sp³-hybridized carbons (Fsp3) is 0.222. The summed E-state index contributed by atoms with van der Waals surface area (Å²) in [4.78, 5) is 20.6. The molecule has 0 spiro atoms. The quantitative estimate of drug-likeness (QED) is 0.547. The van der Waals surface area contributed by atoms with E-state index in [0.717, 1.165) is 32.6 Å². The lowest BCUT2D eigenvalue weighted by molar-refractivity contribution is 0.0934. The van der Waals surface area contributed by atoms with Gasteiger partial charge in [0.15, 0.2) is 0 Å². The minimum absolute atomic E-state index is 0.0694. The van der Waals surface area contributed by atoms with Crippen molar-refractivity contribution in [2.24, 2.45) is 0 Å². The van der Waals surface area contributed by atoms with Crippen LogP contribution in [0, 0.1) is 3.57 Å². The number of fused-ring (bicyclic) bond motifs is 1. The summed E-state index contributed by atoms with van der Waals surface area (Å²) in [5.74, 6) is 1.69. The first kappa shape index (κ1) is 17.3. The Hall–Kier alpha value is -1.54. The fourth-order valence-corrected chi connectivity index (χ4v) is 3.54. The molecule has 0 aliphatic carbocycles. The van der Waals surface area contributed by atoms with Crippen molar-refractivity contribution in [3.63, 3.8) is 0 Å². The molecule has 2 N–H and O–H groups in total. The largest absolute Gasteiger partial charge is 0.342 e. The number of aromatic nitrogens is 2. The van der Waals surface area contributed by atoms with Gasteiger partial charge in [-0.25, -0.2) is 4.98 Å². The maximum Gasteiger partial charge on any atom is 0.251 e. The molecular weight excluding hydrogens is 433 g/mol. The third kappa shape index (κ3) is 4.10. The summed E-state index contributed by atoms with van der Waals surface area (Å²) in [7, 11) is 0. The van der Waals surface area contributed by atoms with Gasteiger partial charge in [-0.1, -0.05) is 18.2 Å². The van der Waals surface area contributed by atoms with Gasteiger partial charge in [0.2, 0.25) is 0 Å². The number of amides is 1. The predicted octanol–water partition coefficient (Wildman–Crippen LogP) is 4.39. The topological polar surface area (TPSA) is 57.8 Å². The van der Waals surface area contributed by atoms with Gasteiger partial charge >= 0.3 is 0 Å². The Kier molecular flexibility index (Phi) is 5.78. The minimum Gasteiger partial charge on any atom is -0.342 e. The molecule has 0 saturated carbocycles. The molecule has 0 bridgehead atoms. The van der Waals surface area contributed by atoms with Gasteiger partial charge in [0.1, 0.15) is 5.82 Å². The minimum atomic E-state index is -0.129. The number of carbonyl (C=O) groups excluding carboxylic acids is 1. The number of nitrogens with zero attached hydrogens (tertiary/aromatic N) is 1. The van der Waals surface area contributed by atoms with Crippen molar-refractivity contribution in [3.05, 3.63) is 63.5 Å². The van der Waals surface area contributed by atoms with Crippen LogP contribution in [0.15, 0.2) is 48.5 Å². The zero-order valence-electron chi connectivity index (χ0n) is 13.3.